The normalized spacial score (nSPS) is 31.6. The van der Waals surface area contributed by atoms with Crippen LogP contribution in [0.2, 0.25) is 0 Å². The van der Waals surface area contributed by atoms with Gasteiger partial charge in [-0.3, -0.25) is 9.69 Å². The highest BCUT2D eigenvalue weighted by Crippen LogP contribution is 2.16. The molecular weight excluding hydrogens is 208 g/mol. The molecule has 5 nitrogen and oxygen atoms in total. The fourth-order valence-corrected chi connectivity index (χ4v) is 2.42. The van der Waals surface area contributed by atoms with Gasteiger partial charge >= 0.3 is 5.97 Å². The monoisotopic (exact) mass is 228 g/mol. The number of rotatable bonds is 3. The molecule has 2 saturated heterocycles. The molecule has 0 aromatic heterocycles. The van der Waals surface area contributed by atoms with Gasteiger partial charge in [0.2, 0.25) is 0 Å². The zero-order valence-corrected chi connectivity index (χ0v) is 9.78. The Kier molecular flexibility index (Phi) is 4.15. The van der Waals surface area contributed by atoms with Crippen LogP contribution in [0.15, 0.2) is 0 Å². The van der Waals surface area contributed by atoms with Crippen LogP contribution in [-0.4, -0.2) is 63.4 Å². The molecule has 0 radical (unpaired) electrons. The van der Waals surface area contributed by atoms with E-state index in [0.717, 1.165) is 45.8 Å². The van der Waals surface area contributed by atoms with Crippen LogP contribution in [0, 0.1) is 5.92 Å². The summed E-state index contributed by atoms with van der Waals surface area (Å²) < 4.78 is 10.0. The van der Waals surface area contributed by atoms with Gasteiger partial charge in [-0.15, -0.1) is 0 Å². The standard InChI is InChI=1S/C11H20N2O3/c1-15-11(14)10-6-9(7-12-10)8-13-2-4-16-5-3-13/h9-10,12H,2-8H2,1H3. The quantitative estimate of drug-likeness (QED) is 0.658. The second-order valence-electron chi connectivity index (χ2n) is 4.50. The van der Waals surface area contributed by atoms with Gasteiger partial charge in [0.05, 0.1) is 20.3 Å². The molecule has 5 heteroatoms. The summed E-state index contributed by atoms with van der Waals surface area (Å²) in [6, 6.07) is -0.101. The number of carbonyl (C=O) groups is 1. The number of methoxy groups -OCH3 is 1. The van der Waals surface area contributed by atoms with Gasteiger partial charge in [-0.2, -0.15) is 0 Å². The van der Waals surface area contributed by atoms with Crippen LogP contribution in [0.1, 0.15) is 6.42 Å². The average molecular weight is 228 g/mol. The second kappa shape index (κ2) is 5.61. The van der Waals surface area contributed by atoms with E-state index in [2.05, 4.69) is 10.2 Å². The SMILES string of the molecule is COC(=O)C1CC(CN2CCOCC2)CN1. The molecule has 0 aromatic carbocycles. The topological polar surface area (TPSA) is 50.8 Å². The number of ether oxygens (including phenoxy) is 2. The van der Waals surface area contributed by atoms with Gasteiger partial charge in [0.25, 0.3) is 0 Å². The molecule has 2 fully saturated rings. The first-order chi connectivity index (χ1) is 7.79. The first kappa shape index (κ1) is 11.8. The lowest BCUT2D eigenvalue weighted by Crippen LogP contribution is -2.39. The molecule has 0 spiro atoms. The summed E-state index contributed by atoms with van der Waals surface area (Å²) in [7, 11) is 1.44. The number of nitrogens with one attached hydrogen (secondary N) is 1. The highest BCUT2D eigenvalue weighted by Gasteiger charge is 2.31. The van der Waals surface area contributed by atoms with Crippen molar-refractivity contribution in [2.45, 2.75) is 12.5 Å². The zero-order valence-electron chi connectivity index (χ0n) is 9.78. The Labute approximate surface area is 96.1 Å². The zero-order chi connectivity index (χ0) is 11.4. The molecule has 2 heterocycles. The number of nitrogens with zero attached hydrogens (tertiary/aromatic N) is 1. The van der Waals surface area contributed by atoms with E-state index in [4.69, 9.17) is 9.47 Å². The molecule has 92 valence electrons. The minimum atomic E-state index is -0.135. The number of esters is 1. The number of carbonyl (C=O) groups excluding carboxylic acids is 1. The van der Waals surface area contributed by atoms with Crippen molar-refractivity contribution in [2.24, 2.45) is 5.92 Å². The number of hydrogen-bond acceptors (Lipinski definition) is 5. The molecule has 2 atom stereocenters. The summed E-state index contributed by atoms with van der Waals surface area (Å²) >= 11 is 0. The van der Waals surface area contributed by atoms with Gasteiger partial charge in [-0.1, -0.05) is 0 Å². The lowest BCUT2D eigenvalue weighted by Gasteiger charge is -2.28. The summed E-state index contributed by atoms with van der Waals surface area (Å²) in [6.07, 6.45) is 0.893. The third-order valence-electron chi connectivity index (χ3n) is 3.33. The fraction of sp³-hybridized carbons (Fsp3) is 0.909. The van der Waals surface area contributed by atoms with Gasteiger partial charge in [0.15, 0.2) is 0 Å². The minimum Gasteiger partial charge on any atom is -0.468 e. The van der Waals surface area contributed by atoms with Crippen LogP contribution < -0.4 is 5.32 Å². The van der Waals surface area contributed by atoms with Gasteiger partial charge in [-0.25, -0.2) is 0 Å². The Morgan fingerprint density at radius 3 is 2.94 bits per heavy atom. The Hall–Kier alpha value is -0.650. The highest BCUT2D eigenvalue weighted by atomic mass is 16.5. The smallest absolute Gasteiger partial charge is 0.322 e. The number of hydrogen-bond donors (Lipinski definition) is 1. The molecule has 0 amide bonds. The Morgan fingerprint density at radius 2 is 2.25 bits per heavy atom. The van der Waals surface area contributed by atoms with E-state index in [1.807, 2.05) is 0 Å². The van der Waals surface area contributed by atoms with Crippen molar-refractivity contribution in [3.63, 3.8) is 0 Å². The predicted octanol–water partition coefficient (Wildman–Crippen LogP) is -0.530. The van der Waals surface area contributed by atoms with Crippen molar-refractivity contribution in [3.05, 3.63) is 0 Å². The van der Waals surface area contributed by atoms with E-state index < -0.39 is 0 Å². The maximum absolute atomic E-state index is 11.3. The van der Waals surface area contributed by atoms with E-state index >= 15 is 0 Å². The molecule has 0 aromatic rings. The molecule has 0 saturated carbocycles. The van der Waals surface area contributed by atoms with Crippen LogP contribution in [0.3, 0.4) is 0 Å². The Bertz CT molecular complexity index is 241. The van der Waals surface area contributed by atoms with Crippen molar-refractivity contribution in [3.8, 4) is 0 Å². The van der Waals surface area contributed by atoms with E-state index in [9.17, 15) is 4.79 Å². The Balaban J connectivity index is 1.73. The van der Waals surface area contributed by atoms with Gasteiger partial charge in [-0.05, 0) is 12.3 Å². The molecule has 2 aliphatic heterocycles. The molecule has 2 rings (SSSR count). The summed E-state index contributed by atoms with van der Waals surface area (Å²) in [5.74, 6) is 0.423. The van der Waals surface area contributed by atoms with E-state index in [-0.39, 0.29) is 12.0 Å². The highest BCUT2D eigenvalue weighted by molar-refractivity contribution is 5.76. The third-order valence-corrected chi connectivity index (χ3v) is 3.33. The van der Waals surface area contributed by atoms with Crippen molar-refractivity contribution < 1.29 is 14.3 Å². The first-order valence-corrected chi connectivity index (χ1v) is 5.91. The van der Waals surface area contributed by atoms with Gasteiger partial charge in [0.1, 0.15) is 6.04 Å². The fourth-order valence-electron chi connectivity index (χ4n) is 2.42. The maximum Gasteiger partial charge on any atom is 0.322 e. The summed E-state index contributed by atoms with van der Waals surface area (Å²) in [6.45, 7) is 5.67. The van der Waals surface area contributed by atoms with Crippen molar-refractivity contribution in [1.29, 1.82) is 0 Å². The van der Waals surface area contributed by atoms with E-state index in [0.29, 0.717) is 5.92 Å². The number of morpholine rings is 1. The third kappa shape index (κ3) is 2.93. The van der Waals surface area contributed by atoms with Gasteiger partial charge < -0.3 is 14.8 Å². The lowest BCUT2D eigenvalue weighted by atomic mass is 10.0. The minimum absolute atomic E-state index is 0.101. The predicted molar refractivity (Wildman–Crippen MR) is 59.2 cm³/mol. The average Bonchev–Trinajstić information content (AvgIpc) is 2.78. The van der Waals surface area contributed by atoms with Crippen molar-refractivity contribution in [2.75, 3.05) is 46.5 Å². The lowest BCUT2D eigenvalue weighted by molar-refractivity contribution is -0.142. The van der Waals surface area contributed by atoms with E-state index in [1.54, 1.807) is 0 Å². The molecule has 2 unspecified atom stereocenters. The Morgan fingerprint density at radius 1 is 1.50 bits per heavy atom. The van der Waals surface area contributed by atoms with Crippen LogP contribution in [0.5, 0.6) is 0 Å². The summed E-state index contributed by atoms with van der Waals surface area (Å²) in [5, 5.41) is 3.21. The van der Waals surface area contributed by atoms with E-state index in [1.165, 1.54) is 7.11 Å². The summed E-state index contributed by atoms with van der Waals surface area (Å²) in [4.78, 5) is 13.7. The van der Waals surface area contributed by atoms with Crippen LogP contribution in [-0.2, 0) is 14.3 Å². The van der Waals surface area contributed by atoms with Crippen LogP contribution in [0.25, 0.3) is 0 Å². The molecule has 16 heavy (non-hydrogen) atoms. The molecule has 0 aliphatic carbocycles. The molecule has 0 bridgehead atoms. The largest absolute Gasteiger partial charge is 0.468 e. The van der Waals surface area contributed by atoms with Crippen molar-refractivity contribution >= 4 is 5.97 Å². The second-order valence-corrected chi connectivity index (χ2v) is 4.50. The first-order valence-electron chi connectivity index (χ1n) is 5.91. The van der Waals surface area contributed by atoms with Crippen molar-refractivity contribution in [1.82, 2.24) is 10.2 Å². The molecule has 2 aliphatic rings. The summed E-state index contributed by atoms with van der Waals surface area (Å²) in [5.41, 5.74) is 0. The van der Waals surface area contributed by atoms with Crippen LogP contribution >= 0.6 is 0 Å². The van der Waals surface area contributed by atoms with Gasteiger partial charge in [0, 0.05) is 26.2 Å². The van der Waals surface area contributed by atoms with Crippen LogP contribution in [0.4, 0.5) is 0 Å². The molecule has 1 N–H and O–H groups in total. The maximum atomic E-state index is 11.3. The molecular formula is C11H20N2O3.